The third-order valence-electron chi connectivity index (χ3n) is 7.17. The van der Waals surface area contributed by atoms with Crippen LogP contribution < -0.4 is 5.32 Å². The van der Waals surface area contributed by atoms with Gasteiger partial charge >= 0.3 is 0 Å². The number of carbonyl (C=O) groups excluding carboxylic acids is 2. The molecule has 1 aromatic carbocycles. The van der Waals surface area contributed by atoms with Crippen LogP contribution in [0.2, 0.25) is 0 Å². The number of amides is 2. The maximum absolute atomic E-state index is 12.8. The normalized spacial score (nSPS) is 18.0. The molecule has 0 unspecified atom stereocenters. The van der Waals surface area contributed by atoms with Crippen LogP contribution in [0.15, 0.2) is 29.2 Å². The first-order valence-electron chi connectivity index (χ1n) is 12.5. The van der Waals surface area contributed by atoms with Gasteiger partial charge in [0.05, 0.1) is 11.3 Å². The standard InChI is InChI=1S/C26H41N3O2S/c1-28(21-12-5-3-6-13-21)19-11-18-27-26(31)23-16-9-10-17-24(23)32-20-25(30)29(2)22-14-7-4-8-15-22/h9-10,16-17,21-22H,3-8,11-15,18-20H2,1-2H3,(H,27,31). The predicted molar refractivity (Wildman–Crippen MR) is 133 cm³/mol. The minimum absolute atomic E-state index is 0.0403. The molecule has 0 spiro atoms. The average Bonchev–Trinajstić information content (AvgIpc) is 2.85. The van der Waals surface area contributed by atoms with Gasteiger partial charge in [0.15, 0.2) is 0 Å². The molecule has 32 heavy (non-hydrogen) atoms. The van der Waals surface area contributed by atoms with Gasteiger partial charge in [-0.25, -0.2) is 0 Å². The average molecular weight is 460 g/mol. The van der Waals surface area contributed by atoms with Crippen LogP contribution in [0.1, 0.15) is 81.0 Å². The SMILES string of the molecule is CN(CCCNC(=O)c1ccccc1SCC(=O)N(C)C1CCCCC1)C1CCCCC1. The molecule has 0 aromatic heterocycles. The minimum atomic E-state index is -0.0403. The van der Waals surface area contributed by atoms with Crippen LogP contribution in [0.3, 0.4) is 0 Å². The molecule has 2 amide bonds. The molecule has 3 rings (SSSR count). The maximum atomic E-state index is 12.8. The molecule has 2 saturated carbocycles. The fourth-order valence-electron chi connectivity index (χ4n) is 5.02. The van der Waals surface area contributed by atoms with Crippen LogP contribution in [0.4, 0.5) is 0 Å². The van der Waals surface area contributed by atoms with Crippen molar-refractivity contribution in [1.82, 2.24) is 15.1 Å². The van der Waals surface area contributed by atoms with Crippen molar-refractivity contribution in [2.75, 3.05) is 32.9 Å². The zero-order valence-corrected chi connectivity index (χ0v) is 20.8. The van der Waals surface area contributed by atoms with Crippen molar-refractivity contribution in [3.05, 3.63) is 29.8 Å². The zero-order valence-electron chi connectivity index (χ0n) is 20.0. The van der Waals surface area contributed by atoms with Crippen molar-refractivity contribution >= 4 is 23.6 Å². The van der Waals surface area contributed by atoms with Gasteiger partial charge in [-0.05, 0) is 57.8 Å². The highest BCUT2D eigenvalue weighted by atomic mass is 32.2. The Hall–Kier alpha value is -1.53. The molecule has 0 radical (unpaired) electrons. The summed E-state index contributed by atoms with van der Waals surface area (Å²) in [5.74, 6) is 0.494. The number of nitrogens with one attached hydrogen (secondary N) is 1. The summed E-state index contributed by atoms with van der Waals surface area (Å²) in [5, 5.41) is 3.09. The quantitative estimate of drug-likeness (QED) is 0.397. The van der Waals surface area contributed by atoms with E-state index in [9.17, 15) is 9.59 Å². The van der Waals surface area contributed by atoms with Gasteiger partial charge in [0, 0.05) is 30.6 Å². The van der Waals surface area contributed by atoms with Crippen LogP contribution in [0, 0.1) is 0 Å². The number of benzene rings is 1. The van der Waals surface area contributed by atoms with Gasteiger partial charge in [0.1, 0.15) is 0 Å². The summed E-state index contributed by atoms with van der Waals surface area (Å²) in [6.45, 7) is 1.70. The predicted octanol–water partition coefficient (Wildman–Crippen LogP) is 4.95. The molecule has 0 heterocycles. The van der Waals surface area contributed by atoms with E-state index in [0.717, 1.165) is 30.7 Å². The van der Waals surface area contributed by atoms with Gasteiger partial charge in [-0.1, -0.05) is 50.7 Å². The summed E-state index contributed by atoms with van der Waals surface area (Å²) in [5.41, 5.74) is 0.672. The first kappa shape index (κ1) is 25.1. The molecule has 6 heteroatoms. The van der Waals surface area contributed by atoms with Crippen LogP contribution in [-0.2, 0) is 4.79 Å². The highest BCUT2D eigenvalue weighted by molar-refractivity contribution is 8.00. The largest absolute Gasteiger partial charge is 0.352 e. The number of rotatable bonds is 10. The lowest BCUT2D eigenvalue weighted by molar-refractivity contribution is -0.129. The summed E-state index contributed by atoms with van der Waals surface area (Å²) >= 11 is 1.48. The van der Waals surface area contributed by atoms with E-state index in [1.165, 1.54) is 63.1 Å². The lowest BCUT2D eigenvalue weighted by atomic mass is 9.94. The number of nitrogens with zero attached hydrogens (tertiary/aromatic N) is 2. The van der Waals surface area contributed by atoms with Crippen LogP contribution >= 0.6 is 11.8 Å². The van der Waals surface area contributed by atoms with E-state index in [-0.39, 0.29) is 11.8 Å². The molecular weight excluding hydrogens is 418 g/mol. The Morgan fingerprint density at radius 2 is 1.56 bits per heavy atom. The highest BCUT2D eigenvalue weighted by Crippen LogP contribution is 2.26. The van der Waals surface area contributed by atoms with E-state index < -0.39 is 0 Å². The number of carbonyl (C=O) groups is 2. The Balaban J connectivity index is 1.43. The summed E-state index contributed by atoms with van der Waals surface area (Å²) in [4.78, 5) is 30.8. The second-order valence-electron chi connectivity index (χ2n) is 9.46. The summed E-state index contributed by atoms with van der Waals surface area (Å²) in [6.07, 6.45) is 13.6. The van der Waals surface area contributed by atoms with E-state index in [2.05, 4.69) is 17.3 Å². The van der Waals surface area contributed by atoms with Gasteiger partial charge in [0.2, 0.25) is 5.91 Å². The molecule has 1 aromatic rings. The molecule has 5 nitrogen and oxygen atoms in total. The molecule has 0 atom stereocenters. The van der Waals surface area contributed by atoms with Crippen molar-refractivity contribution in [1.29, 1.82) is 0 Å². The van der Waals surface area contributed by atoms with E-state index in [0.29, 0.717) is 29.9 Å². The third-order valence-corrected chi connectivity index (χ3v) is 8.23. The fraction of sp³-hybridized carbons (Fsp3) is 0.692. The summed E-state index contributed by atoms with van der Waals surface area (Å²) in [7, 11) is 4.15. The lowest BCUT2D eigenvalue weighted by Gasteiger charge is -2.31. The smallest absolute Gasteiger partial charge is 0.252 e. The minimum Gasteiger partial charge on any atom is -0.352 e. The van der Waals surface area contributed by atoms with Crippen molar-refractivity contribution in [3.8, 4) is 0 Å². The van der Waals surface area contributed by atoms with E-state index in [1.54, 1.807) is 0 Å². The second-order valence-corrected chi connectivity index (χ2v) is 10.5. The Labute approximate surface area is 198 Å². The summed E-state index contributed by atoms with van der Waals surface area (Å²) in [6, 6.07) is 8.73. The molecular formula is C26H41N3O2S. The van der Waals surface area contributed by atoms with Crippen molar-refractivity contribution in [2.45, 2.75) is 87.6 Å². The number of thioether (sulfide) groups is 1. The molecule has 2 fully saturated rings. The van der Waals surface area contributed by atoms with Gasteiger partial charge in [-0.3, -0.25) is 9.59 Å². The molecule has 0 bridgehead atoms. The monoisotopic (exact) mass is 459 g/mol. The van der Waals surface area contributed by atoms with Gasteiger partial charge < -0.3 is 15.1 Å². The van der Waals surface area contributed by atoms with Gasteiger partial charge in [-0.15, -0.1) is 11.8 Å². The Kier molecular flexibility index (Phi) is 10.4. The van der Waals surface area contributed by atoms with Crippen LogP contribution in [0.25, 0.3) is 0 Å². The van der Waals surface area contributed by atoms with Crippen molar-refractivity contribution in [3.63, 3.8) is 0 Å². The Morgan fingerprint density at radius 3 is 2.25 bits per heavy atom. The molecule has 0 aliphatic heterocycles. The molecule has 2 aliphatic carbocycles. The molecule has 0 saturated heterocycles. The van der Waals surface area contributed by atoms with E-state index in [4.69, 9.17) is 0 Å². The Morgan fingerprint density at radius 1 is 0.938 bits per heavy atom. The van der Waals surface area contributed by atoms with E-state index in [1.807, 2.05) is 36.2 Å². The van der Waals surface area contributed by atoms with Gasteiger partial charge in [0.25, 0.3) is 5.91 Å². The zero-order chi connectivity index (χ0) is 22.8. The first-order chi connectivity index (χ1) is 15.6. The van der Waals surface area contributed by atoms with Crippen LogP contribution in [-0.4, -0.2) is 66.6 Å². The van der Waals surface area contributed by atoms with Gasteiger partial charge in [-0.2, -0.15) is 0 Å². The first-order valence-corrected chi connectivity index (χ1v) is 13.5. The highest BCUT2D eigenvalue weighted by Gasteiger charge is 2.22. The van der Waals surface area contributed by atoms with Crippen molar-refractivity contribution < 1.29 is 9.59 Å². The Bertz CT molecular complexity index is 730. The topological polar surface area (TPSA) is 52.7 Å². The van der Waals surface area contributed by atoms with Crippen molar-refractivity contribution in [2.24, 2.45) is 0 Å². The van der Waals surface area contributed by atoms with Crippen LogP contribution in [0.5, 0.6) is 0 Å². The maximum Gasteiger partial charge on any atom is 0.252 e. The third kappa shape index (κ3) is 7.51. The molecule has 1 N–H and O–H groups in total. The fourth-order valence-corrected chi connectivity index (χ4v) is 6.00. The van der Waals surface area contributed by atoms with E-state index >= 15 is 0 Å². The molecule has 2 aliphatic rings. The number of hydrogen-bond donors (Lipinski definition) is 1. The number of hydrogen-bond acceptors (Lipinski definition) is 4. The summed E-state index contributed by atoms with van der Waals surface area (Å²) < 4.78 is 0. The lowest BCUT2D eigenvalue weighted by Crippen LogP contribution is -2.39. The molecule has 178 valence electrons. The second kappa shape index (κ2) is 13.2.